The highest BCUT2D eigenvalue weighted by Crippen LogP contribution is 2.27. The van der Waals surface area contributed by atoms with Gasteiger partial charge in [-0.1, -0.05) is 44.2 Å². The Morgan fingerprint density at radius 2 is 1.86 bits per heavy atom. The number of ether oxygens (including phenoxy) is 1. The first-order valence-electron chi connectivity index (χ1n) is 8.17. The molecule has 1 aromatic carbocycles. The highest BCUT2D eigenvalue weighted by molar-refractivity contribution is 5.67. The van der Waals surface area contributed by atoms with Crippen LogP contribution in [0, 0.1) is 5.92 Å². The van der Waals surface area contributed by atoms with E-state index in [9.17, 15) is 4.79 Å². The van der Waals surface area contributed by atoms with Crippen molar-refractivity contribution in [1.29, 1.82) is 0 Å². The zero-order chi connectivity index (χ0) is 14.9. The van der Waals surface area contributed by atoms with Crippen LogP contribution in [-0.2, 0) is 11.2 Å². The number of benzene rings is 1. The van der Waals surface area contributed by atoms with Gasteiger partial charge in [0, 0.05) is 6.42 Å². The number of carboxylic acids is 1. The van der Waals surface area contributed by atoms with Crippen molar-refractivity contribution in [2.75, 3.05) is 6.61 Å². The number of hydrogen-bond donors (Lipinski definition) is 1. The van der Waals surface area contributed by atoms with Crippen LogP contribution < -0.4 is 4.74 Å². The summed E-state index contributed by atoms with van der Waals surface area (Å²) in [6.45, 7) is 0.783. The Kier molecular flexibility index (Phi) is 6.58. The molecule has 0 saturated heterocycles. The summed E-state index contributed by atoms with van der Waals surface area (Å²) in [7, 11) is 0. The molecule has 1 N–H and O–H groups in total. The Morgan fingerprint density at radius 1 is 1.14 bits per heavy atom. The van der Waals surface area contributed by atoms with Gasteiger partial charge in [0.2, 0.25) is 0 Å². The highest BCUT2D eigenvalue weighted by atomic mass is 16.5. The Balaban J connectivity index is 1.62. The van der Waals surface area contributed by atoms with Crippen LogP contribution in [0.15, 0.2) is 24.3 Å². The number of carbonyl (C=O) groups is 1. The average molecular weight is 290 g/mol. The van der Waals surface area contributed by atoms with Crippen LogP contribution in [0.5, 0.6) is 5.75 Å². The lowest BCUT2D eigenvalue weighted by molar-refractivity contribution is -0.136. The minimum absolute atomic E-state index is 0.182. The molecule has 1 fully saturated rings. The topological polar surface area (TPSA) is 46.5 Å². The summed E-state index contributed by atoms with van der Waals surface area (Å²) in [5.41, 5.74) is 1.05. The lowest BCUT2D eigenvalue weighted by Crippen LogP contribution is -2.08. The largest absolute Gasteiger partial charge is 0.494 e. The van der Waals surface area contributed by atoms with Gasteiger partial charge in [-0.05, 0) is 42.9 Å². The SMILES string of the molecule is O=C(O)CCc1ccc(OCCCC2CCCCC2)cc1. The Hall–Kier alpha value is -1.51. The van der Waals surface area contributed by atoms with E-state index in [2.05, 4.69) is 0 Å². The van der Waals surface area contributed by atoms with Gasteiger partial charge in [0.25, 0.3) is 0 Å². The van der Waals surface area contributed by atoms with Gasteiger partial charge in [-0.2, -0.15) is 0 Å². The first kappa shape index (κ1) is 15.9. The van der Waals surface area contributed by atoms with E-state index in [-0.39, 0.29) is 6.42 Å². The molecule has 3 heteroatoms. The van der Waals surface area contributed by atoms with Crippen molar-refractivity contribution in [2.45, 2.75) is 57.8 Å². The van der Waals surface area contributed by atoms with Gasteiger partial charge in [-0.25, -0.2) is 0 Å². The highest BCUT2D eigenvalue weighted by Gasteiger charge is 2.12. The van der Waals surface area contributed by atoms with Gasteiger partial charge in [-0.15, -0.1) is 0 Å². The summed E-state index contributed by atoms with van der Waals surface area (Å²) in [5, 5.41) is 8.66. The second-order valence-corrected chi connectivity index (χ2v) is 6.03. The van der Waals surface area contributed by atoms with E-state index in [1.807, 2.05) is 24.3 Å². The monoisotopic (exact) mass is 290 g/mol. The minimum atomic E-state index is -0.752. The molecule has 1 aliphatic rings. The lowest BCUT2D eigenvalue weighted by atomic mass is 9.86. The molecule has 0 amide bonds. The summed E-state index contributed by atoms with van der Waals surface area (Å²) in [4.78, 5) is 10.5. The third-order valence-corrected chi connectivity index (χ3v) is 4.30. The Labute approximate surface area is 127 Å². The molecule has 0 aromatic heterocycles. The first-order chi connectivity index (χ1) is 10.2. The maximum absolute atomic E-state index is 10.5. The van der Waals surface area contributed by atoms with Gasteiger partial charge in [0.05, 0.1) is 6.61 Å². The quantitative estimate of drug-likeness (QED) is 0.720. The fourth-order valence-electron chi connectivity index (χ4n) is 3.04. The van der Waals surface area contributed by atoms with Crippen molar-refractivity contribution in [3.63, 3.8) is 0 Å². The molecular formula is C18H26O3. The van der Waals surface area contributed by atoms with Gasteiger partial charge in [0.15, 0.2) is 0 Å². The van der Waals surface area contributed by atoms with Crippen molar-refractivity contribution < 1.29 is 14.6 Å². The second kappa shape index (κ2) is 8.71. The number of aliphatic carboxylic acids is 1. The number of carboxylic acid groups (broad SMARTS) is 1. The van der Waals surface area contributed by atoms with Crippen molar-refractivity contribution in [1.82, 2.24) is 0 Å². The van der Waals surface area contributed by atoms with E-state index in [1.54, 1.807) is 0 Å². The molecule has 116 valence electrons. The van der Waals surface area contributed by atoms with E-state index < -0.39 is 5.97 Å². The van der Waals surface area contributed by atoms with E-state index in [1.165, 1.54) is 38.5 Å². The van der Waals surface area contributed by atoms with E-state index in [0.717, 1.165) is 30.3 Å². The molecule has 0 heterocycles. The van der Waals surface area contributed by atoms with Crippen LogP contribution in [0.4, 0.5) is 0 Å². The molecule has 2 rings (SSSR count). The summed E-state index contributed by atoms with van der Waals surface area (Å²) >= 11 is 0. The average Bonchev–Trinajstić information content (AvgIpc) is 2.52. The molecule has 0 atom stereocenters. The predicted molar refractivity (Wildman–Crippen MR) is 83.7 cm³/mol. The van der Waals surface area contributed by atoms with Crippen molar-refractivity contribution in [3.05, 3.63) is 29.8 Å². The second-order valence-electron chi connectivity index (χ2n) is 6.03. The summed E-state index contributed by atoms with van der Waals surface area (Å²) in [5.74, 6) is 1.05. The normalized spacial score (nSPS) is 15.8. The van der Waals surface area contributed by atoms with E-state index >= 15 is 0 Å². The summed E-state index contributed by atoms with van der Waals surface area (Å²) < 4.78 is 5.76. The summed E-state index contributed by atoms with van der Waals surface area (Å²) in [6, 6.07) is 7.80. The van der Waals surface area contributed by atoms with Crippen molar-refractivity contribution in [2.24, 2.45) is 5.92 Å². The molecule has 0 radical (unpaired) electrons. The van der Waals surface area contributed by atoms with Crippen LogP contribution in [0.25, 0.3) is 0 Å². The molecular weight excluding hydrogens is 264 g/mol. The van der Waals surface area contributed by atoms with Gasteiger partial charge < -0.3 is 9.84 Å². The smallest absolute Gasteiger partial charge is 0.303 e. The van der Waals surface area contributed by atoms with Crippen LogP contribution >= 0.6 is 0 Å². The number of rotatable bonds is 8. The molecule has 1 aromatic rings. The van der Waals surface area contributed by atoms with Gasteiger partial charge >= 0.3 is 5.97 Å². The molecule has 1 aliphatic carbocycles. The minimum Gasteiger partial charge on any atom is -0.494 e. The molecule has 0 spiro atoms. The summed E-state index contributed by atoms with van der Waals surface area (Å²) in [6.07, 6.45) is 10.2. The van der Waals surface area contributed by atoms with E-state index in [0.29, 0.717) is 6.42 Å². The van der Waals surface area contributed by atoms with Crippen LogP contribution in [0.3, 0.4) is 0 Å². The zero-order valence-corrected chi connectivity index (χ0v) is 12.7. The number of aryl methyl sites for hydroxylation is 1. The fourth-order valence-corrected chi connectivity index (χ4v) is 3.04. The molecule has 1 saturated carbocycles. The third-order valence-electron chi connectivity index (χ3n) is 4.30. The molecule has 0 bridgehead atoms. The van der Waals surface area contributed by atoms with Gasteiger partial charge in [-0.3, -0.25) is 4.79 Å². The van der Waals surface area contributed by atoms with Crippen molar-refractivity contribution >= 4 is 5.97 Å². The number of hydrogen-bond acceptors (Lipinski definition) is 2. The van der Waals surface area contributed by atoms with E-state index in [4.69, 9.17) is 9.84 Å². The lowest BCUT2D eigenvalue weighted by Gasteiger charge is -2.21. The maximum Gasteiger partial charge on any atom is 0.303 e. The van der Waals surface area contributed by atoms with Crippen LogP contribution in [-0.4, -0.2) is 17.7 Å². The Morgan fingerprint density at radius 3 is 2.52 bits per heavy atom. The molecule has 0 aliphatic heterocycles. The maximum atomic E-state index is 10.5. The molecule has 21 heavy (non-hydrogen) atoms. The fraction of sp³-hybridized carbons (Fsp3) is 0.611. The van der Waals surface area contributed by atoms with Crippen LogP contribution in [0.1, 0.15) is 56.9 Å². The predicted octanol–water partition coefficient (Wildman–Crippen LogP) is 4.44. The first-order valence-corrected chi connectivity index (χ1v) is 8.17. The van der Waals surface area contributed by atoms with Crippen molar-refractivity contribution in [3.8, 4) is 5.75 Å². The molecule has 3 nitrogen and oxygen atoms in total. The zero-order valence-electron chi connectivity index (χ0n) is 12.7. The molecule has 0 unspecified atom stereocenters. The van der Waals surface area contributed by atoms with Gasteiger partial charge in [0.1, 0.15) is 5.75 Å². The third kappa shape index (κ3) is 6.19. The van der Waals surface area contributed by atoms with Crippen LogP contribution in [0.2, 0.25) is 0 Å². The standard InChI is InChI=1S/C18H26O3/c19-18(20)13-10-16-8-11-17(12-9-16)21-14-4-7-15-5-2-1-3-6-15/h8-9,11-12,15H,1-7,10,13-14H2,(H,19,20). The Bertz CT molecular complexity index is 419.